The van der Waals surface area contributed by atoms with E-state index >= 15 is 0 Å². The van der Waals surface area contributed by atoms with E-state index in [4.69, 9.17) is 4.74 Å². The zero-order valence-corrected chi connectivity index (χ0v) is 16.2. The fourth-order valence-corrected chi connectivity index (χ4v) is 3.64. The smallest absolute Gasteiger partial charge is 0.193 e. The molecule has 5 nitrogen and oxygen atoms in total. The van der Waals surface area contributed by atoms with Crippen LogP contribution in [-0.4, -0.2) is 57.8 Å². The van der Waals surface area contributed by atoms with Crippen LogP contribution in [0, 0.1) is 5.92 Å². The second-order valence-electron chi connectivity index (χ2n) is 7.21. The number of rotatable bonds is 6. The zero-order chi connectivity index (χ0) is 18.2. The van der Waals surface area contributed by atoms with Crippen LogP contribution >= 0.6 is 0 Å². The molecular weight excluding hydrogens is 324 g/mol. The Labute approximate surface area is 157 Å². The van der Waals surface area contributed by atoms with Crippen LogP contribution in [0.3, 0.4) is 0 Å². The van der Waals surface area contributed by atoms with Crippen molar-refractivity contribution in [3.63, 3.8) is 0 Å². The van der Waals surface area contributed by atoms with E-state index in [-0.39, 0.29) is 0 Å². The summed E-state index contributed by atoms with van der Waals surface area (Å²) < 4.78 is 5.45. The predicted octanol–water partition coefficient (Wildman–Crippen LogP) is 2.89. The van der Waals surface area contributed by atoms with Gasteiger partial charge >= 0.3 is 0 Å². The van der Waals surface area contributed by atoms with Gasteiger partial charge in [-0.15, -0.1) is 0 Å². The lowest BCUT2D eigenvalue weighted by Crippen LogP contribution is -2.39. The van der Waals surface area contributed by atoms with Crippen molar-refractivity contribution >= 4 is 11.6 Å². The summed E-state index contributed by atoms with van der Waals surface area (Å²) in [5, 5.41) is 3.51. The van der Waals surface area contributed by atoms with Crippen LogP contribution in [0.4, 0.5) is 5.69 Å². The lowest BCUT2D eigenvalue weighted by Gasteiger charge is -2.27. The molecule has 0 aliphatic carbocycles. The molecule has 2 aliphatic rings. The molecule has 2 aliphatic heterocycles. The van der Waals surface area contributed by atoms with Crippen molar-refractivity contribution in [3.8, 4) is 0 Å². The van der Waals surface area contributed by atoms with Crippen molar-refractivity contribution in [2.75, 3.05) is 51.8 Å². The molecule has 1 saturated heterocycles. The Bertz CT molecular complexity index is 614. The van der Waals surface area contributed by atoms with Gasteiger partial charge < -0.3 is 19.9 Å². The van der Waals surface area contributed by atoms with Gasteiger partial charge in [-0.1, -0.05) is 24.3 Å². The third-order valence-corrected chi connectivity index (χ3v) is 5.33. The monoisotopic (exact) mass is 356 g/mol. The molecule has 0 spiro atoms. The minimum atomic E-state index is 0.787. The summed E-state index contributed by atoms with van der Waals surface area (Å²) in [6.45, 7) is 5.68. The molecular formula is C21H32N4O. The zero-order valence-electron chi connectivity index (χ0n) is 16.2. The Kier molecular flexibility index (Phi) is 6.95. The van der Waals surface area contributed by atoms with Gasteiger partial charge in [-0.2, -0.15) is 0 Å². The third kappa shape index (κ3) is 5.24. The van der Waals surface area contributed by atoms with Crippen LogP contribution in [-0.2, 0) is 11.3 Å². The highest BCUT2D eigenvalue weighted by molar-refractivity contribution is 5.79. The molecule has 1 N–H and O–H groups in total. The number of hydrogen-bond acceptors (Lipinski definition) is 3. The SMILES string of the molecule is CN=C(NCc1cccc(N2CC=CC2)c1)N(C)CCC1CCOCC1. The quantitative estimate of drug-likeness (QED) is 0.483. The van der Waals surface area contributed by atoms with E-state index in [1.807, 2.05) is 7.05 Å². The Morgan fingerprint density at radius 2 is 2.04 bits per heavy atom. The van der Waals surface area contributed by atoms with Gasteiger partial charge in [0, 0.05) is 59.2 Å². The van der Waals surface area contributed by atoms with E-state index in [2.05, 4.69) is 63.6 Å². The summed E-state index contributed by atoms with van der Waals surface area (Å²) in [6.07, 6.45) is 8.04. The van der Waals surface area contributed by atoms with Gasteiger partial charge in [-0.05, 0) is 42.9 Å². The summed E-state index contributed by atoms with van der Waals surface area (Å²) in [6, 6.07) is 8.78. The highest BCUT2D eigenvalue weighted by Crippen LogP contribution is 2.19. The largest absolute Gasteiger partial charge is 0.381 e. The van der Waals surface area contributed by atoms with Gasteiger partial charge in [0.05, 0.1) is 0 Å². The maximum Gasteiger partial charge on any atom is 0.193 e. The molecule has 1 aromatic rings. The predicted molar refractivity (Wildman–Crippen MR) is 109 cm³/mol. The molecule has 0 amide bonds. The van der Waals surface area contributed by atoms with Gasteiger partial charge in [0.15, 0.2) is 5.96 Å². The minimum Gasteiger partial charge on any atom is -0.381 e. The first-order valence-electron chi connectivity index (χ1n) is 9.74. The highest BCUT2D eigenvalue weighted by atomic mass is 16.5. The summed E-state index contributed by atoms with van der Waals surface area (Å²) in [7, 11) is 3.99. The number of hydrogen-bond donors (Lipinski definition) is 1. The fraction of sp³-hybridized carbons (Fsp3) is 0.571. The summed E-state index contributed by atoms with van der Waals surface area (Å²) in [5.41, 5.74) is 2.57. The van der Waals surface area contributed by atoms with Gasteiger partial charge in [0.1, 0.15) is 0 Å². The number of nitrogens with zero attached hydrogens (tertiary/aromatic N) is 3. The second-order valence-corrected chi connectivity index (χ2v) is 7.21. The highest BCUT2D eigenvalue weighted by Gasteiger charge is 2.15. The number of ether oxygens (including phenoxy) is 1. The van der Waals surface area contributed by atoms with E-state index in [0.717, 1.165) is 51.3 Å². The summed E-state index contributed by atoms with van der Waals surface area (Å²) >= 11 is 0. The van der Waals surface area contributed by atoms with Crippen molar-refractivity contribution in [1.82, 2.24) is 10.2 Å². The molecule has 0 unspecified atom stereocenters. The Morgan fingerprint density at radius 1 is 1.27 bits per heavy atom. The first kappa shape index (κ1) is 18.8. The van der Waals surface area contributed by atoms with E-state index in [1.54, 1.807) is 0 Å². The lowest BCUT2D eigenvalue weighted by atomic mass is 9.96. The lowest BCUT2D eigenvalue weighted by molar-refractivity contribution is 0.0625. The van der Waals surface area contributed by atoms with Crippen LogP contribution in [0.1, 0.15) is 24.8 Å². The van der Waals surface area contributed by atoms with Crippen LogP contribution in [0.2, 0.25) is 0 Å². The van der Waals surface area contributed by atoms with Crippen LogP contribution < -0.4 is 10.2 Å². The van der Waals surface area contributed by atoms with Crippen LogP contribution in [0.5, 0.6) is 0 Å². The van der Waals surface area contributed by atoms with E-state index < -0.39 is 0 Å². The minimum absolute atomic E-state index is 0.787. The van der Waals surface area contributed by atoms with E-state index in [0.29, 0.717) is 0 Å². The standard InChI is InChI=1S/C21H32N4O/c1-22-21(24(2)13-8-18-9-14-26-15-10-18)23-17-19-6-5-7-20(16-19)25-11-3-4-12-25/h3-7,16,18H,8-15,17H2,1-2H3,(H,22,23). The molecule has 3 rings (SSSR count). The van der Waals surface area contributed by atoms with Gasteiger partial charge in [-0.3, -0.25) is 4.99 Å². The molecule has 0 saturated carbocycles. The molecule has 2 heterocycles. The molecule has 0 atom stereocenters. The normalized spacial score (nSPS) is 18.4. The third-order valence-electron chi connectivity index (χ3n) is 5.33. The van der Waals surface area contributed by atoms with E-state index in [1.165, 1.54) is 30.5 Å². The molecule has 1 aromatic carbocycles. The number of benzene rings is 1. The van der Waals surface area contributed by atoms with E-state index in [9.17, 15) is 0 Å². The summed E-state index contributed by atoms with van der Waals surface area (Å²) in [4.78, 5) is 9.07. The van der Waals surface area contributed by atoms with Gasteiger partial charge in [0.2, 0.25) is 0 Å². The second kappa shape index (κ2) is 9.62. The first-order valence-corrected chi connectivity index (χ1v) is 9.74. The number of nitrogens with one attached hydrogen (secondary N) is 1. The van der Waals surface area contributed by atoms with Crippen molar-refractivity contribution in [3.05, 3.63) is 42.0 Å². The average molecular weight is 357 g/mol. The molecule has 5 heteroatoms. The molecule has 1 fully saturated rings. The van der Waals surface area contributed by atoms with Crippen molar-refractivity contribution in [2.24, 2.45) is 10.9 Å². The van der Waals surface area contributed by atoms with Crippen molar-refractivity contribution in [1.29, 1.82) is 0 Å². The molecule has 26 heavy (non-hydrogen) atoms. The average Bonchev–Trinajstić information content (AvgIpc) is 3.23. The molecule has 0 radical (unpaired) electrons. The number of guanidine groups is 1. The van der Waals surface area contributed by atoms with Gasteiger partial charge in [0.25, 0.3) is 0 Å². The Balaban J connectivity index is 1.48. The molecule has 0 aromatic heterocycles. The maximum atomic E-state index is 5.45. The van der Waals surface area contributed by atoms with Gasteiger partial charge in [-0.25, -0.2) is 0 Å². The van der Waals surface area contributed by atoms with Crippen molar-refractivity contribution < 1.29 is 4.74 Å². The Hall–Kier alpha value is -2.01. The summed E-state index contributed by atoms with van der Waals surface area (Å²) in [5.74, 6) is 1.75. The number of aliphatic imine (C=N–C) groups is 1. The Morgan fingerprint density at radius 3 is 2.77 bits per heavy atom. The number of anilines is 1. The fourth-order valence-electron chi connectivity index (χ4n) is 3.64. The first-order chi connectivity index (χ1) is 12.8. The maximum absolute atomic E-state index is 5.45. The van der Waals surface area contributed by atoms with Crippen LogP contribution in [0.15, 0.2) is 41.4 Å². The topological polar surface area (TPSA) is 40.1 Å². The van der Waals surface area contributed by atoms with Crippen molar-refractivity contribution in [2.45, 2.75) is 25.8 Å². The molecule has 142 valence electrons. The molecule has 0 bridgehead atoms. The van der Waals surface area contributed by atoms with Crippen LogP contribution in [0.25, 0.3) is 0 Å².